The van der Waals surface area contributed by atoms with Gasteiger partial charge in [-0.15, -0.1) is 0 Å². The first-order valence-electron chi connectivity index (χ1n) is 6.20. The number of aromatic nitrogens is 1. The van der Waals surface area contributed by atoms with E-state index in [2.05, 4.69) is 22.1 Å². The van der Waals surface area contributed by atoms with Crippen molar-refractivity contribution in [3.63, 3.8) is 0 Å². The minimum absolute atomic E-state index is 0.190. The highest BCUT2D eigenvalue weighted by Gasteiger charge is 2.04. The van der Waals surface area contributed by atoms with Gasteiger partial charge in [-0.25, -0.2) is 9.37 Å². The van der Waals surface area contributed by atoms with Crippen molar-refractivity contribution in [3.05, 3.63) is 60.2 Å². The first-order valence-corrected chi connectivity index (χ1v) is 6.20. The van der Waals surface area contributed by atoms with Crippen LogP contribution in [0, 0.1) is 17.7 Å². The van der Waals surface area contributed by atoms with Gasteiger partial charge in [0.25, 0.3) is 0 Å². The van der Waals surface area contributed by atoms with Gasteiger partial charge in [0.05, 0.1) is 5.69 Å². The Balaban J connectivity index is 1.82. The Bertz CT molecular complexity index is 644. The number of anilines is 1. The number of nitrogens with zero attached hydrogens (tertiary/aromatic N) is 1. The van der Waals surface area contributed by atoms with Crippen molar-refractivity contribution in [1.82, 2.24) is 4.98 Å². The van der Waals surface area contributed by atoms with E-state index in [1.165, 1.54) is 12.1 Å². The summed E-state index contributed by atoms with van der Waals surface area (Å²) in [4.78, 5) is 15.7. The molecule has 20 heavy (non-hydrogen) atoms. The molecule has 1 N–H and O–H groups in total. The molecule has 0 atom stereocenters. The van der Waals surface area contributed by atoms with Gasteiger partial charge in [-0.05, 0) is 30.2 Å². The number of carbonyl (C=O) groups is 1. The summed E-state index contributed by atoms with van der Waals surface area (Å²) >= 11 is 0. The third-order valence-electron chi connectivity index (χ3n) is 2.51. The molecule has 0 aliphatic heterocycles. The molecule has 2 aromatic rings. The molecule has 4 heteroatoms. The molecule has 100 valence electrons. The predicted octanol–water partition coefficient (Wildman–Crippen LogP) is 2.99. The van der Waals surface area contributed by atoms with Crippen molar-refractivity contribution in [1.29, 1.82) is 0 Å². The summed E-state index contributed by atoms with van der Waals surface area (Å²) in [7, 11) is 0. The predicted molar refractivity (Wildman–Crippen MR) is 75.4 cm³/mol. The molecule has 0 bridgehead atoms. The second-order valence-corrected chi connectivity index (χ2v) is 4.04. The Labute approximate surface area is 116 Å². The zero-order chi connectivity index (χ0) is 14.2. The molecule has 0 aliphatic carbocycles. The number of benzene rings is 1. The number of halogens is 1. The van der Waals surface area contributed by atoms with Gasteiger partial charge in [0.15, 0.2) is 0 Å². The van der Waals surface area contributed by atoms with Gasteiger partial charge in [-0.1, -0.05) is 24.1 Å². The zero-order valence-corrected chi connectivity index (χ0v) is 10.8. The topological polar surface area (TPSA) is 42.0 Å². The lowest BCUT2D eigenvalue weighted by atomic mass is 10.2. The monoisotopic (exact) mass is 268 g/mol. The highest BCUT2D eigenvalue weighted by Crippen LogP contribution is 2.12. The molecule has 0 saturated carbocycles. The summed E-state index contributed by atoms with van der Waals surface area (Å²) < 4.78 is 13.3. The molecular weight excluding hydrogens is 255 g/mol. The summed E-state index contributed by atoms with van der Waals surface area (Å²) in [6.45, 7) is 0. The maximum absolute atomic E-state index is 13.3. The van der Waals surface area contributed by atoms with Crippen LogP contribution < -0.4 is 5.32 Å². The minimum Gasteiger partial charge on any atom is -0.324 e. The van der Waals surface area contributed by atoms with Crippen LogP contribution in [0.2, 0.25) is 0 Å². The number of hydrogen-bond acceptors (Lipinski definition) is 2. The lowest BCUT2D eigenvalue weighted by Gasteiger charge is -2.04. The number of pyridine rings is 1. The molecule has 0 aliphatic rings. The second-order valence-electron chi connectivity index (χ2n) is 4.04. The van der Waals surface area contributed by atoms with Gasteiger partial charge < -0.3 is 5.32 Å². The quantitative estimate of drug-likeness (QED) is 0.869. The molecule has 3 nitrogen and oxygen atoms in total. The van der Waals surface area contributed by atoms with Crippen molar-refractivity contribution in [2.45, 2.75) is 12.8 Å². The summed E-state index contributed by atoms with van der Waals surface area (Å²) in [6.07, 6.45) is 2.28. The Morgan fingerprint density at radius 1 is 1.20 bits per heavy atom. The largest absolute Gasteiger partial charge is 0.324 e. The van der Waals surface area contributed by atoms with Crippen molar-refractivity contribution in [3.8, 4) is 11.8 Å². The molecule has 0 unspecified atom stereocenters. The normalized spacial score (nSPS) is 9.45. The second kappa shape index (κ2) is 7.05. The molecule has 0 radical (unpaired) electrons. The fourth-order valence-corrected chi connectivity index (χ4v) is 1.54. The van der Waals surface area contributed by atoms with Crippen LogP contribution in [0.5, 0.6) is 0 Å². The molecule has 0 fully saturated rings. The third-order valence-corrected chi connectivity index (χ3v) is 2.51. The van der Waals surface area contributed by atoms with Crippen LogP contribution in [0.3, 0.4) is 0 Å². The number of amides is 1. The van der Waals surface area contributed by atoms with Gasteiger partial charge in [0, 0.05) is 19.0 Å². The number of hydrogen-bond donors (Lipinski definition) is 1. The lowest BCUT2D eigenvalue weighted by Crippen LogP contribution is -2.11. The van der Waals surface area contributed by atoms with Crippen molar-refractivity contribution < 1.29 is 9.18 Å². The smallest absolute Gasteiger partial charge is 0.225 e. The summed E-state index contributed by atoms with van der Waals surface area (Å²) in [5, 5.41) is 2.51. The number of para-hydroxylation sites is 1. The average Bonchev–Trinajstić information content (AvgIpc) is 2.47. The van der Waals surface area contributed by atoms with E-state index in [0.717, 1.165) is 0 Å². The minimum atomic E-state index is -0.444. The number of rotatable bonds is 3. The van der Waals surface area contributed by atoms with Gasteiger partial charge >= 0.3 is 0 Å². The SMILES string of the molecule is O=C(CCC#Cc1ccccn1)Nc1ccccc1F. The molecule has 1 aromatic heterocycles. The van der Waals surface area contributed by atoms with E-state index in [1.807, 2.05) is 12.1 Å². The lowest BCUT2D eigenvalue weighted by molar-refractivity contribution is -0.116. The van der Waals surface area contributed by atoms with Crippen LogP contribution in [0.4, 0.5) is 10.1 Å². The van der Waals surface area contributed by atoms with E-state index in [1.54, 1.807) is 24.4 Å². The molecule has 1 aromatic carbocycles. The van der Waals surface area contributed by atoms with Crippen LogP contribution in [0.15, 0.2) is 48.7 Å². The van der Waals surface area contributed by atoms with Crippen LogP contribution in [0.1, 0.15) is 18.5 Å². The van der Waals surface area contributed by atoms with Crippen molar-refractivity contribution in [2.75, 3.05) is 5.32 Å². The fourth-order valence-electron chi connectivity index (χ4n) is 1.54. The van der Waals surface area contributed by atoms with Gasteiger partial charge in [0.2, 0.25) is 5.91 Å². The van der Waals surface area contributed by atoms with E-state index in [-0.39, 0.29) is 18.0 Å². The van der Waals surface area contributed by atoms with E-state index < -0.39 is 5.82 Å². The summed E-state index contributed by atoms with van der Waals surface area (Å²) in [5.74, 6) is 5.02. The average molecular weight is 268 g/mol. The third kappa shape index (κ3) is 4.21. The van der Waals surface area contributed by atoms with E-state index in [0.29, 0.717) is 12.1 Å². The van der Waals surface area contributed by atoms with Crippen molar-refractivity contribution in [2.24, 2.45) is 0 Å². The highest BCUT2D eigenvalue weighted by atomic mass is 19.1. The molecule has 1 heterocycles. The van der Waals surface area contributed by atoms with E-state index >= 15 is 0 Å². The van der Waals surface area contributed by atoms with E-state index in [9.17, 15) is 9.18 Å². The first-order chi connectivity index (χ1) is 9.75. The Morgan fingerprint density at radius 3 is 2.75 bits per heavy atom. The van der Waals surface area contributed by atoms with E-state index in [4.69, 9.17) is 0 Å². The highest BCUT2D eigenvalue weighted by molar-refractivity contribution is 5.90. The molecule has 2 rings (SSSR count). The van der Waals surface area contributed by atoms with Crippen LogP contribution >= 0.6 is 0 Å². The van der Waals surface area contributed by atoms with Crippen molar-refractivity contribution >= 4 is 11.6 Å². The standard InChI is InChI=1S/C16H13FN2O/c17-14-9-2-3-10-15(14)19-16(20)11-4-1-7-13-8-5-6-12-18-13/h2-3,5-6,8-10,12H,4,11H2,(H,19,20). The van der Waals surface area contributed by atoms with Crippen LogP contribution in [-0.2, 0) is 4.79 Å². The van der Waals surface area contributed by atoms with Crippen LogP contribution in [-0.4, -0.2) is 10.9 Å². The maximum Gasteiger partial charge on any atom is 0.225 e. The molecule has 1 amide bonds. The van der Waals surface area contributed by atoms with Gasteiger partial charge in [-0.3, -0.25) is 4.79 Å². The molecule has 0 saturated heterocycles. The zero-order valence-electron chi connectivity index (χ0n) is 10.8. The number of carbonyl (C=O) groups excluding carboxylic acids is 1. The maximum atomic E-state index is 13.3. The first kappa shape index (κ1) is 13.8. The summed E-state index contributed by atoms with van der Waals surface area (Å²) in [5.41, 5.74) is 0.859. The number of nitrogens with one attached hydrogen (secondary N) is 1. The molecular formula is C16H13FN2O. The molecule has 0 spiro atoms. The van der Waals surface area contributed by atoms with Gasteiger partial charge in [0.1, 0.15) is 11.5 Å². The fraction of sp³-hybridized carbons (Fsp3) is 0.125. The Morgan fingerprint density at radius 2 is 2.00 bits per heavy atom. The Kier molecular flexibility index (Phi) is 4.85. The summed E-state index contributed by atoms with van der Waals surface area (Å²) in [6, 6.07) is 11.5. The van der Waals surface area contributed by atoms with Crippen LogP contribution in [0.25, 0.3) is 0 Å². The Hall–Kier alpha value is -2.67. The van der Waals surface area contributed by atoms with Gasteiger partial charge in [-0.2, -0.15) is 0 Å².